The third-order valence-electron chi connectivity index (χ3n) is 5.61. The molecule has 3 heterocycles. The fraction of sp³-hybridized carbons (Fsp3) is 0.208. The van der Waals surface area contributed by atoms with E-state index >= 15 is 0 Å². The third kappa shape index (κ3) is 3.51. The van der Waals surface area contributed by atoms with E-state index in [4.69, 9.17) is 9.97 Å². The third-order valence-corrected chi connectivity index (χ3v) is 5.61. The highest BCUT2D eigenvalue weighted by atomic mass is 16.3. The first-order valence-corrected chi connectivity index (χ1v) is 10.3. The molecule has 0 spiro atoms. The van der Waals surface area contributed by atoms with Gasteiger partial charge in [0.25, 0.3) is 0 Å². The molecule has 0 aliphatic carbocycles. The van der Waals surface area contributed by atoms with Gasteiger partial charge in [0, 0.05) is 29.8 Å². The van der Waals surface area contributed by atoms with Crippen molar-refractivity contribution in [1.29, 1.82) is 0 Å². The molecule has 1 saturated heterocycles. The Balaban J connectivity index is 1.66. The Morgan fingerprint density at radius 2 is 1.80 bits per heavy atom. The lowest BCUT2D eigenvalue weighted by molar-refractivity contribution is -0.386. The minimum absolute atomic E-state index is 0.307. The molecule has 1 unspecified atom stereocenters. The van der Waals surface area contributed by atoms with Crippen molar-refractivity contribution in [1.82, 2.24) is 15.0 Å². The van der Waals surface area contributed by atoms with E-state index in [0.717, 1.165) is 53.2 Å². The maximum Gasteiger partial charge on any atom is 0.180 e. The summed E-state index contributed by atoms with van der Waals surface area (Å²) in [6, 6.07) is 20.7. The minimum atomic E-state index is -0.307. The molecule has 1 atom stereocenters. The topological polar surface area (TPSA) is 89.8 Å². The molecule has 5 rings (SSSR count). The normalized spacial score (nSPS) is 16.3. The Bertz CT molecular complexity index is 1180. The van der Waals surface area contributed by atoms with Gasteiger partial charge in [-0.3, -0.25) is 0 Å². The first-order chi connectivity index (χ1) is 14.7. The number of β-amino-alcohol motifs (C(OH)–C–C–N with tert-alkyl or cyclic N) is 1. The molecule has 6 nitrogen and oxygen atoms in total. The van der Waals surface area contributed by atoms with Gasteiger partial charge in [-0.2, -0.15) is 0 Å². The number of rotatable bonds is 4. The summed E-state index contributed by atoms with van der Waals surface area (Å²) in [7, 11) is 0. The van der Waals surface area contributed by atoms with Crippen molar-refractivity contribution in [3.63, 3.8) is 0 Å². The predicted octanol–water partition coefficient (Wildman–Crippen LogP) is 2.67. The molecule has 4 N–H and O–H groups in total. The van der Waals surface area contributed by atoms with Crippen LogP contribution in [0.4, 0.5) is 5.82 Å². The summed E-state index contributed by atoms with van der Waals surface area (Å²) >= 11 is 0. The summed E-state index contributed by atoms with van der Waals surface area (Å²) in [6.45, 7) is 2.12. The van der Waals surface area contributed by atoms with Crippen LogP contribution in [0.15, 0.2) is 66.9 Å². The summed E-state index contributed by atoms with van der Waals surface area (Å²) in [4.78, 5) is 16.4. The van der Waals surface area contributed by atoms with Crippen LogP contribution in [0.5, 0.6) is 0 Å². The van der Waals surface area contributed by atoms with Crippen molar-refractivity contribution in [2.24, 2.45) is 0 Å². The van der Waals surface area contributed by atoms with Crippen LogP contribution in [0.25, 0.3) is 33.5 Å². The van der Waals surface area contributed by atoms with Crippen LogP contribution in [-0.4, -0.2) is 39.3 Å². The average molecular weight is 398 g/mol. The standard InChI is InChI=1S/C24H23N5O/c25-13-16-6-8-18(9-7-16)23-20(17-4-2-1-3-5-17)12-21-24(28-23)27-22(14-26-21)29-11-10-19(30)15-29/h1-9,12,14,19,30H,10-11,13,15,25H2/p+1. The van der Waals surface area contributed by atoms with E-state index in [2.05, 4.69) is 58.1 Å². The second-order valence-corrected chi connectivity index (χ2v) is 7.66. The molecule has 30 heavy (non-hydrogen) atoms. The van der Waals surface area contributed by atoms with Gasteiger partial charge in [0.2, 0.25) is 0 Å². The highest BCUT2D eigenvalue weighted by Crippen LogP contribution is 2.33. The summed E-state index contributed by atoms with van der Waals surface area (Å²) in [5.41, 5.74) is 10.6. The summed E-state index contributed by atoms with van der Waals surface area (Å²) < 4.78 is 0. The van der Waals surface area contributed by atoms with Crippen LogP contribution in [0, 0.1) is 0 Å². The number of pyridine rings is 1. The Hall–Kier alpha value is -3.35. The molecule has 0 saturated carbocycles. The molecule has 0 bridgehead atoms. The lowest BCUT2D eigenvalue weighted by Gasteiger charge is -2.17. The van der Waals surface area contributed by atoms with Crippen molar-refractivity contribution in [3.8, 4) is 22.4 Å². The smallest absolute Gasteiger partial charge is 0.180 e. The number of hydrogen-bond acceptors (Lipinski definition) is 5. The Morgan fingerprint density at radius 3 is 2.50 bits per heavy atom. The number of benzene rings is 2. The maximum atomic E-state index is 9.86. The Kier molecular flexibility index (Phi) is 4.86. The van der Waals surface area contributed by atoms with E-state index in [1.54, 1.807) is 6.20 Å². The molecule has 1 aliphatic rings. The van der Waals surface area contributed by atoms with Gasteiger partial charge in [0.1, 0.15) is 11.3 Å². The molecule has 4 aromatic rings. The number of hydrogen-bond donors (Lipinski definition) is 2. The molecule has 1 fully saturated rings. The maximum absolute atomic E-state index is 9.86. The van der Waals surface area contributed by atoms with Gasteiger partial charge < -0.3 is 15.7 Å². The van der Waals surface area contributed by atoms with Crippen LogP contribution in [0.2, 0.25) is 0 Å². The van der Waals surface area contributed by atoms with Crippen molar-refractivity contribution < 1.29 is 10.8 Å². The van der Waals surface area contributed by atoms with Gasteiger partial charge in [-0.15, -0.1) is 0 Å². The van der Waals surface area contributed by atoms with E-state index in [9.17, 15) is 5.11 Å². The molecule has 0 radical (unpaired) electrons. The quantitative estimate of drug-likeness (QED) is 0.552. The largest absolute Gasteiger partial charge is 0.391 e. The number of aromatic nitrogens is 3. The molecule has 0 amide bonds. The SMILES string of the molecule is [NH3+]Cc1ccc(-c2nc3nc(N4CCC(O)C4)cnc3cc2-c2ccccc2)cc1. The van der Waals surface area contributed by atoms with Gasteiger partial charge in [0.05, 0.1) is 24.5 Å². The summed E-state index contributed by atoms with van der Waals surface area (Å²) in [6.07, 6.45) is 2.22. The van der Waals surface area contributed by atoms with Gasteiger partial charge in [-0.25, -0.2) is 15.0 Å². The van der Waals surface area contributed by atoms with Crippen LogP contribution in [0.1, 0.15) is 12.0 Å². The summed E-state index contributed by atoms with van der Waals surface area (Å²) in [5.74, 6) is 0.761. The monoisotopic (exact) mass is 398 g/mol. The number of aliphatic hydroxyl groups excluding tert-OH is 1. The first kappa shape index (κ1) is 18.7. The Morgan fingerprint density at radius 1 is 1.00 bits per heavy atom. The lowest BCUT2D eigenvalue weighted by Crippen LogP contribution is -2.47. The number of anilines is 1. The molecule has 1 aliphatic heterocycles. The number of fused-ring (bicyclic) bond motifs is 1. The van der Waals surface area contributed by atoms with Crippen molar-refractivity contribution in [2.45, 2.75) is 19.1 Å². The fourth-order valence-electron chi connectivity index (χ4n) is 3.92. The van der Waals surface area contributed by atoms with Gasteiger partial charge in [-0.05, 0) is 18.1 Å². The molecule has 2 aromatic heterocycles. The fourth-order valence-corrected chi connectivity index (χ4v) is 3.92. The molecular weight excluding hydrogens is 374 g/mol. The Labute approximate surface area is 175 Å². The second kappa shape index (κ2) is 7.82. The molecular formula is C24H24N5O+. The van der Waals surface area contributed by atoms with Crippen LogP contribution in [-0.2, 0) is 6.54 Å². The van der Waals surface area contributed by atoms with E-state index in [1.807, 2.05) is 18.2 Å². The zero-order chi connectivity index (χ0) is 20.5. The number of nitrogens with zero attached hydrogens (tertiary/aromatic N) is 4. The van der Waals surface area contributed by atoms with E-state index in [-0.39, 0.29) is 6.10 Å². The van der Waals surface area contributed by atoms with Gasteiger partial charge >= 0.3 is 0 Å². The van der Waals surface area contributed by atoms with Crippen molar-refractivity contribution >= 4 is 17.0 Å². The van der Waals surface area contributed by atoms with Crippen LogP contribution in [0.3, 0.4) is 0 Å². The van der Waals surface area contributed by atoms with Crippen LogP contribution < -0.4 is 10.6 Å². The van der Waals surface area contributed by atoms with Crippen molar-refractivity contribution in [2.75, 3.05) is 18.0 Å². The highest BCUT2D eigenvalue weighted by Gasteiger charge is 2.22. The van der Waals surface area contributed by atoms with Gasteiger partial charge in [-0.1, -0.05) is 54.6 Å². The summed E-state index contributed by atoms with van der Waals surface area (Å²) in [5, 5.41) is 9.86. The lowest BCUT2D eigenvalue weighted by atomic mass is 9.98. The van der Waals surface area contributed by atoms with Crippen molar-refractivity contribution in [3.05, 3.63) is 72.4 Å². The van der Waals surface area contributed by atoms with E-state index in [1.165, 1.54) is 5.56 Å². The second-order valence-electron chi connectivity index (χ2n) is 7.66. The van der Waals surface area contributed by atoms with E-state index < -0.39 is 0 Å². The highest BCUT2D eigenvalue weighted by molar-refractivity contribution is 5.88. The minimum Gasteiger partial charge on any atom is -0.391 e. The first-order valence-electron chi connectivity index (χ1n) is 10.3. The average Bonchev–Trinajstić information content (AvgIpc) is 3.25. The zero-order valence-corrected chi connectivity index (χ0v) is 16.7. The molecule has 2 aromatic carbocycles. The molecule has 6 heteroatoms. The number of aliphatic hydroxyl groups is 1. The predicted molar refractivity (Wildman–Crippen MR) is 118 cm³/mol. The molecule has 150 valence electrons. The number of quaternary nitrogens is 1. The van der Waals surface area contributed by atoms with Crippen LogP contribution >= 0.6 is 0 Å². The zero-order valence-electron chi connectivity index (χ0n) is 16.7. The van der Waals surface area contributed by atoms with E-state index in [0.29, 0.717) is 12.2 Å². The van der Waals surface area contributed by atoms with Gasteiger partial charge in [0.15, 0.2) is 5.65 Å².